The lowest BCUT2D eigenvalue weighted by atomic mass is 9.70. The van der Waals surface area contributed by atoms with Gasteiger partial charge in [0.25, 0.3) is 0 Å². The predicted octanol–water partition coefficient (Wildman–Crippen LogP) is 1.42. The van der Waals surface area contributed by atoms with Gasteiger partial charge in [-0.1, -0.05) is 37.6 Å². The number of amides is 3. The van der Waals surface area contributed by atoms with E-state index < -0.39 is 41.5 Å². The number of carbonyl (C=O) groups excluding carboxylic acids is 3. The summed E-state index contributed by atoms with van der Waals surface area (Å²) in [7, 11) is 1.53. The Balaban J connectivity index is 1.78. The number of anilines is 1. The monoisotopic (exact) mass is 449 g/mol. The number of hydrogen-bond donors (Lipinski definition) is 3. The molecule has 0 aromatic heterocycles. The molecule has 31 heavy (non-hydrogen) atoms. The smallest absolute Gasteiger partial charge is 0.250 e. The zero-order valence-electron chi connectivity index (χ0n) is 17.8. The van der Waals surface area contributed by atoms with Crippen molar-refractivity contribution in [2.45, 2.75) is 50.5 Å². The molecule has 3 fully saturated rings. The van der Waals surface area contributed by atoms with E-state index in [-0.39, 0.29) is 24.3 Å². The van der Waals surface area contributed by atoms with Crippen molar-refractivity contribution in [3.05, 3.63) is 29.3 Å². The Morgan fingerprint density at radius 2 is 2.03 bits per heavy atom. The summed E-state index contributed by atoms with van der Waals surface area (Å²) >= 11 is 6.23. The summed E-state index contributed by atoms with van der Waals surface area (Å²) in [5.41, 5.74) is -0.672. The third-order valence-electron chi connectivity index (χ3n) is 6.98. The number of para-hydroxylation sites is 1. The van der Waals surface area contributed by atoms with Crippen LogP contribution >= 0.6 is 11.6 Å². The van der Waals surface area contributed by atoms with Crippen LogP contribution in [-0.4, -0.2) is 65.2 Å². The lowest BCUT2D eigenvalue weighted by Gasteiger charge is -2.38. The molecule has 2 unspecified atom stereocenters. The van der Waals surface area contributed by atoms with E-state index >= 15 is 0 Å². The average Bonchev–Trinajstić information content (AvgIpc) is 3.37. The fourth-order valence-electron chi connectivity index (χ4n) is 5.60. The van der Waals surface area contributed by atoms with Gasteiger partial charge in [-0.15, -0.1) is 0 Å². The third kappa shape index (κ3) is 3.23. The van der Waals surface area contributed by atoms with Crippen LogP contribution in [0.25, 0.3) is 0 Å². The quantitative estimate of drug-likeness (QED) is 0.608. The SMILES string of the molecule is CNC(=O)[C@@H]1[C@H]2C(=O)N([C@@H](CO)C(C)C)C(C(=O)Nc3ccccc3Cl)C23CC[C@H]1O3. The molecule has 3 aliphatic rings. The van der Waals surface area contributed by atoms with E-state index in [0.29, 0.717) is 23.6 Å². The Hall–Kier alpha value is -2.16. The maximum Gasteiger partial charge on any atom is 0.250 e. The van der Waals surface area contributed by atoms with Gasteiger partial charge < -0.3 is 25.4 Å². The first-order chi connectivity index (χ1) is 14.8. The Bertz CT molecular complexity index is 909. The van der Waals surface area contributed by atoms with Crippen molar-refractivity contribution in [2.24, 2.45) is 17.8 Å². The van der Waals surface area contributed by atoms with Crippen molar-refractivity contribution < 1.29 is 24.2 Å². The predicted molar refractivity (Wildman–Crippen MR) is 114 cm³/mol. The molecule has 8 nitrogen and oxygen atoms in total. The Kier molecular flexibility index (Phi) is 5.74. The van der Waals surface area contributed by atoms with Crippen LogP contribution < -0.4 is 10.6 Å². The number of aliphatic hydroxyl groups is 1. The standard InChI is InChI=1S/C22H28ClN3O5/c1-11(2)14(10-27)26-18(20(29)25-13-7-5-4-6-12(13)23)22-9-8-15(31-22)16(19(28)24-3)17(22)21(26)30/h4-7,11,14-18,27H,8-10H2,1-3H3,(H,24,28)(H,25,29)/t14-,15+,16-,17-,18?,22?/m0/s1. The van der Waals surface area contributed by atoms with Crippen LogP contribution in [-0.2, 0) is 19.1 Å². The summed E-state index contributed by atoms with van der Waals surface area (Å²) in [6.45, 7) is 3.48. The van der Waals surface area contributed by atoms with Crippen LogP contribution in [0, 0.1) is 17.8 Å². The summed E-state index contributed by atoms with van der Waals surface area (Å²) < 4.78 is 6.30. The lowest BCUT2D eigenvalue weighted by Crippen LogP contribution is -2.57. The van der Waals surface area contributed by atoms with Gasteiger partial charge in [-0.25, -0.2) is 0 Å². The van der Waals surface area contributed by atoms with Gasteiger partial charge in [-0.2, -0.15) is 0 Å². The molecule has 3 amide bonds. The van der Waals surface area contributed by atoms with Crippen molar-refractivity contribution in [1.29, 1.82) is 0 Å². The number of likely N-dealkylation sites (tertiary alicyclic amines) is 1. The summed E-state index contributed by atoms with van der Waals surface area (Å²) in [4.78, 5) is 41.4. The minimum atomic E-state index is -1.10. The number of halogens is 1. The van der Waals surface area contributed by atoms with Crippen LogP contribution in [0.1, 0.15) is 26.7 Å². The summed E-state index contributed by atoms with van der Waals surface area (Å²) in [6, 6.07) is 5.31. The molecule has 6 atom stereocenters. The van der Waals surface area contributed by atoms with E-state index in [1.807, 2.05) is 13.8 Å². The topological polar surface area (TPSA) is 108 Å². The highest BCUT2D eigenvalue weighted by Crippen LogP contribution is 2.59. The molecule has 1 aromatic rings. The molecule has 1 aromatic carbocycles. The minimum absolute atomic E-state index is 0.101. The summed E-state index contributed by atoms with van der Waals surface area (Å²) in [6.07, 6.45) is 0.685. The van der Waals surface area contributed by atoms with Gasteiger partial charge in [0, 0.05) is 7.05 Å². The number of nitrogens with one attached hydrogen (secondary N) is 2. The second-order valence-corrected chi connectivity index (χ2v) is 9.29. The van der Waals surface area contributed by atoms with Crippen LogP contribution in [0.5, 0.6) is 0 Å². The summed E-state index contributed by atoms with van der Waals surface area (Å²) in [5.74, 6) is -2.53. The highest BCUT2D eigenvalue weighted by Gasteiger charge is 2.75. The van der Waals surface area contributed by atoms with Crippen molar-refractivity contribution in [3.63, 3.8) is 0 Å². The molecular formula is C22H28ClN3O5. The molecule has 3 heterocycles. The molecule has 3 N–H and O–H groups in total. The largest absolute Gasteiger partial charge is 0.394 e. The van der Waals surface area contributed by atoms with E-state index in [4.69, 9.17) is 16.3 Å². The molecule has 3 aliphatic heterocycles. The highest BCUT2D eigenvalue weighted by atomic mass is 35.5. The number of ether oxygens (including phenoxy) is 1. The second kappa shape index (κ2) is 8.07. The van der Waals surface area contributed by atoms with E-state index in [9.17, 15) is 19.5 Å². The number of carbonyl (C=O) groups is 3. The fraction of sp³-hybridized carbons (Fsp3) is 0.591. The maximum absolute atomic E-state index is 13.7. The zero-order chi connectivity index (χ0) is 22.5. The first kappa shape index (κ1) is 22.0. The van der Waals surface area contributed by atoms with Crippen LogP contribution in [0.15, 0.2) is 24.3 Å². The number of nitrogens with zero attached hydrogens (tertiary/aromatic N) is 1. The van der Waals surface area contributed by atoms with E-state index in [0.717, 1.165) is 0 Å². The summed E-state index contributed by atoms with van der Waals surface area (Å²) in [5, 5.41) is 15.9. The highest BCUT2D eigenvalue weighted by molar-refractivity contribution is 6.33. The van der Waals surface area contributed by atoms with E-state index in [2.05, 4.69) is 10.6 Å². The maximum atomic E-state index is 13.7. The van der Waals surface area contributed by atoms with Gasteiger partial charge in [0.1, 0.15) is 11.6 Å². The van der Waals surface area contributed by atoms with Crippen molar-refractivity contribution >= 4 is 35.0 Å². The van der Waals surface area contributed by atoms with Gasteiger partial charge in [-0.05, 0) is 30.9 Å². The number of rotatable bonds is 6. The van der Waals surface area contributed by atoms with Crippen molar-refractivity contribution in [3.8, 4) is 0 Å². The number of aliphatic hydroxyl groups excluding tert-OH is 1. The van der Waals surface area contributed by atoms with Gasteiger partial charge in [0.05, 0.1) is 41.3 Å². The van der Waals surface area contributed by atoms with Crippen molar-refractivity contribution in [2.75, 3.05) is 19.0 Å². The first-order valence-corrected chi connectivity index (χ1v) is 11.0. The number of hydrogen-bond acceptors (Lipinski definition) is 5. The van der Waals surface area contributed by atoms with Crippen molar-refractivity contribution in [1.82, 2.24) is 10.2 Å². The molecular weight excluding hydrogens is 422 g/mol. The minimum Gasteiger partial charge on any atom is -0.394 e. The Morgan fingerprint density at radius 3 is 2.65 bits per heavy atom. The number of benzene rings is 1. The average molecular weight is 450 g/mol. The lowest BCUT2D eigenvalue weighted by molar-refractivity contribution is -0.145. The Labute approximate surface area is 186 Å². The molecule has 0 radical (unpaired) electrons. The van der Waals surface area contributed by atoms with Crippen LogP contribution in [0.2, 0.25) is 5.02 Å². The molecule has 4 rings (SSSR count). The van der Waals surface area contributed by atoms with E-state index in [1.165, 1.54) is 11.9 Å². The fourth-order valence-corrected chi connectivity index (χ4v) is 5.78. The van der Waals surface area contributed by atoms with Crippen LogP contribution in [0.3, 0.4) is 0 Å². The first-order valence-electron chi connectivity index (χ1n) is 10.6. The van der Waals surface area contributed by atoms with Gasteiger partial charge >= 0.3 is 0 Å². The normalized spacial score (nSPS) is 32.3. The van der Waals surface area contributed by atoms with Crippen LogP contribution in [0.4, 0.5) is 5.69 Å². The Morgan fingerprint density at radius 1 is 1.32 bits per heavy atom. The van der Waals surface area contributed by atoms with Gasteiger partial charge in [0.2, 0.25) is 17.7 Å². The molecule has 168 valence electrons. The number of fused-ring (bicyclic) bond motifs is 1. The molecule has 3 saturated heterocycles. The molecule has 0 aliphatic carbocycles. The molecule has 9 heteroatoms. The third-order valence-corrected chi connectivity index (χ3v) is 7.31. The molecule has 2 bridgehead atoms. The zero-order valence-corrected chi connectivity index (χ0v) is 18.6. The van der Waals surface area contributed by atoms with E-state index in [1.54, 1.807) is 24.3 Å². The molecule has 1 spiro atoms. The van der Waals surface area contributed by atoms with Gasteiger partial charge in [0.15, 0.2) is 0 Å². The second-order valence-electron chi connectivity index (χ2n) is 8.88. The molecule has 0 saturated carbocycles. The van der Waals surface area contributed by atoms with Gasteiger partial charge in [-0.3, -0.25) is 14.4 Å².